The fourth-order valence-electron chi connectivity index (χ4n) is 1.54. The molecule has 0 heterocycles. The number of methoxy groups -OCH3 is 1. The number of aryl methyl sites for hydroxylation is 1. The maximum Gasteiger partial charge on any atom is 0.226 e. The van der Waals surface area contributed by atoms with Crippen LogP contribution in [0, 0.1) is 6.92 Å². The minimum Gasteiger partial charge on any atom is -0.495 e. The molecule has 3 N–H and O–H groups in total. The summed E-state index contributed by atoms with van der Waals surface area (Å²) in [5, 5.41) is 3.38. The maximum absolute atomic E-state index is 11.8. The molecule has 0 spiro atoms. The number of nitrogens with two attached hydrogens (primary N) is 1. The van der Waals surface area contributed by atoms with E-state index < -0.39 is 5.54 Å². The smallest absolute Gasteiger partial charge is 0.226 e. The van der Waals surface area contributed by atoms with E-state index in [0.29, 0.717) is 16.5 Å². The highest BCUT2D eigenvalue weighted by Crippen LogP contribution is 2.31. The number of ether oxygens (including phenoxy) is 1. The van der Waals surface area contributed by atoms with Gasteiger partial charge in [0.05, 0.1) is 12.8 Å². The summed E-state index contributed by atoms with van der Waals surface area (Å²) in [6, 6.07) is 3.46. The van der Waals surface area contributed by atoms with Crippen LogP contribution in [0.2, 0.25) is 5.02 Å². The second-order valence-corrected chi connectivity index (χ2v) is 5.42. The molecular weight excluding hydrogens is 252 g/mol. The highest BCUT2D eigenvalue weighted by atomic mass is 35.5. The third-order valence-electron chi connectivity index (χ3n) is 2.37. The summed E-state index contributed by atoms with van der Waals surface area (Å²) in [5.41, 5.74) is 6.74. The SMILES string of the molecule is COc1cc(Cl)c(C)cc1NC(=O)CC(C)(C)N. The van der Waals surface area contributed by atoms with E-state index in [4.69, 9.17) is 22.1 Å². The van der Waals surface area contributed by atoms with E-state index in [-0.39, 0.29) is 12.3 Å². The van der Waals surface area contributed by atoms with Crippen LogP contribution in [0.15, 0.2) is 12.1 Å². The van der Waals surface area contributed by atoms with Crippen molar-refractivity contribution in [3.05, 3.63) is 22.7 Å². The van der Waals surface area contributed by atoms with Crippen LogP contribution in [0.3, 0.4) is 0 Å². The molecule has 0 atom stereocenters. The van der Waals surface area contributed by atoms with Crippen LogP contribution in [0.5, 0.6) is 5.75 Å². The summed E-state index contributed by atoms with van der Waals surface area (Å²) in [5.74, 6) is 0.385. The molecule has 0 fully saturated rings. The van der Waals surface area contributed by atoms with Gasteiger partial charge in [0.15, 0.2) is 0 Å². The van der Waals surface area contributed by atoms with Gasteiger partial charge < -0.3 is 15.8 Å². The van der Waals surface area contributed by atoms with Gasteiger partial charge in [-0.2, -0.15) is 0 Å². The van der Waals surface area contributed by atoms with Crippen molar-refractivity contribution in [1.29, 1.82) is 0 Å². The van der Waals surface area contributed by atoms with Crippen LogP contribution in [0.25, 0.3) is 0 Å². The van der Waals surface area contributed by atoms with E-state index in [1.807, 2.05) is 6.92 Å². The van der Waals surface area contributed by atoms with Crippen molar-refractivity contribution < 1.29 is 9.53 Å². The Morgan fingerprint density at radius 3 is 2.61 bits per heavy atom. The molecule has 1 amide bonds. The first kappa shape index (κ1) is 14.8. The number of carbonyl (C=O) groups excluding carboxylic acids is 1. The Balaban J connectivity index is 2.90. The molecule has 0 aromatic heterocycles. The van der Waals surface area contributed by atoms with E-state index in [0.717, 1.165) is 5.56 Å². The van der Waals surface area contributed by atoms with Gasteiger partial charge in [0.1, 0.15) is 5.75 Å². The Bertz CT molecular complexity index is 453. The average Bonchev–Trinajstić information content (AvgIpc) is 2.20. The molecule has 0 bridgehead atoms. The minimum absolute atomic E-state index is 0.150. The highest BCUT2D eigenvalue weighted by Gasteiger charge is 2.18. The van der Waals surface area contributed by atoms with E-state index in [1.165, 1.54) is 7.11 Å². The molecule has 0 aliphatic rings. The molecule has 1 rings (SSSR count). The first-order chi connectivity index (χ1) is 8.23. The second kappa shape index (κ2) is 5.59. The number of carbonyl (C=O) groups is 1. The summed E-state index contributed by atoms with van der Waals surface area (Å²) >= 11 is 5.99. The molecule has 0 radical (unpaired) electrons. The number of benzene rings is 1. The summed E-state index contributed by atoms with van der Waals surface area (Å²) in [7, 11) is 1.53. The zero-order valence-corrected chi connectivity index (χ0v) is 11.9. The van der Waals surface area contributed by atoms with Crippen LogP contribution in [-0.4, -0.2) is 18.6 Å². The molecule has 0 saturated heterocycles. The standard InChI is InChI=1S/C13H19ClN2O2/c1-8-5-10(11(18-4)6-9(8)14)16-12(17)7-13(2,3)15/h5-6H,7,15H2,1-4H3,(H,16,17). The minimum atomic E-state index is -0.543. The van der Waals surface area contributed by atoms with Crippen LogP contribution in [0.1, 0.15) is 25.8 Å². The van der Waals surface area contributed by atoms with Crippen LogP contribution in [0.4, 0.5) is 5.69 Å². The van der Waals surface area contributed by atoms with Gasteiger partial charge in [0, 0.05) is 23.0 Å². The van der Waals surface area contributed by atoms with Gasteiger partial charge in [-0.3, -0.25) is 4.79 Å². The zero-order chi connectivity index (χ0) is 13.9. The van der Waals surface area contributed by atoms with E-state index in [2.05, 4.69) is 5.32 Å². The van der Waals surface area contributed by atoms with Crippen molar-refractivity contribution in [2.75, 3.05) is 12.4 Å². The Labute approximate surface area is 112 Å². The number of hydrogen-bond acceptors (Lipinski definition) is 3. The molecule has 1 aromatic rings. The third kappa shape index (κ3) is 4.20. The maximum atomic E-state index is 11.8. The summed E-state index contributed by atoms with van der Waals surface area (Å²) < 4.78 is 5.18. The van der Waals surface area contributed by atoms with Crippen molar-refractivity contribution in [2.24, 2.45) is 5.73 Å². The van der Waals surface area contributed by atoms with Gasteiger partial charge >= 0.3 is 0 Å². The van der Waals surface area contributed by atoms with Crippen molar-refractivity contribution in [3.63, 3.8) is 0 Å². The van der Waals surface area contributed by atoms with E-state index in [9.17, 15) is 4.79 Å². The second-order valence-electron chi connectivity index (χ2n) is 5.02. The predicted octanol–water partition coefficient (Wildman–Crippen LogP) is 2.72. The number of anilines is 1. The van der Waals surface area contributed by atoms with Crippen LogP contribution >= 0.6 is 11.6 Å². The monoisotopic (exact) mass is 270 g/mol. The Kier molecular flexibility index (Phi) is 4.59. The average molecular weight is 271 g/mol. The molecule has 0 unspecified atom stereocenters. The van der Waals surface area contributed by atoms with Crippen molar-refractivity contribution in [1.82, 2.24) is 0 Å². The molecule has 1 aromatic carbocycles. The Morgan fingerprint density at radius 2 is 2.11 bits per heavy atom. The molecule has 5 heteroatoms. The molecule has 0 aliphatic heterocycles. The van der Waals surface area contributed by atoms with Gasteiger partial charge in [-0.25, -0.2) is 0 Å². The van der Waals surface area contributed by atoms with Gasteiger partial charge in [0.2, 0.25) is 5.91 Å². The van der Waals surface area contributed by atoms with Crippen molar-refractivity contribution in [3.8, 4) is 5.75 Å². The number of hydrogen-bond donors (Lipinski definition) is 2. The molecule has 4 nitrogen and oxygen atoms in total. The number of halogens is 1. The zero-order valence-electron chi connectivity index (χ0n) is 11.1. The summed E-state index contributed by atoms with van der Waals surface area (Å²) in [6.07, 6.45) is 0.234. The van der Waals surface area contributed by atoms with Gasteiger partial charge in [-0.1, -0.05) is 11.6 Å². The first-order valence-electron chi connectivity index (χ1n) is 5.66. The summed E-state index contributed by atoms with van der Waals surface area (Å²) in [4.78, 5) is 11.8. The molecule has 100 valence electrons. The lowest BCUT2D eigenvalue weighted by atomic mass is 10.0. The fourth-order valence-corrected chi connectivity index (χ4v) is 1.69. The quantitative estimate of drug-likeness (QED) is 0.884. The third-order valence-corrected chi connectivity index (χ3v) is 2.78. The lowest BCUT2D eigenvalue weighted by Gasteiger charge is -2.18. The van der Waals surface area contributed by atoms with Crippen LogP contribution < -0.4 is 15.8 Å². The molecule has 0 aliphatic carbocycles. The summed E-state index contributed by atoms with van der Waals surface area (Å²) in [6.45, 7) is 5.47. The lowest BCUT2D eigenvalue weighted by molar-refractivity contribution is -0.117. The van der Waals surface area contributed by atoms with Crippen molar-refractivity contribution in [2.45, 2.75) is 32.7 Å². The predicted molar refractivity (Wildman–Crippen MR) is 74.3 cm³/mol. The first-order valence-corrected chi connectivity index (χ1v) is 6.03. The molecule has 0 saturated carbocycles. The number of amides is 1. The number of nitrogens with one attached hydrogen (secondary N) is 1. The largest absolute Gasteiger partial charge is 0.495 e. The Morgan fingerprint density at radius 1 is 1.50 bits per heavy atom. The topological polar surface area (TPSA) is 64.3 Å². The van der Waals surface area contributed by atoms with Gasteiger partial charge in [-0.05, 0) is 32.4 Å². The highest BCUT2D eigenvalue weighted by molar-refractivity contribution is 6.31. The number of rotatable bonds is 4. The van der Waals surface area contributed by atoms with Crippen molar-refractivity contribution >= 4 is 23.2 Å². The molecule has 18 heavy (non-hydrogen) atoms. The van der Waals surface area contributed by atoms with Gasteiger partial charge in [-0.15, -0.1) is 0 Å². The Hall–Kier alpha value is -1.26. The molecular formula is C13H19ClN2O2. The van der Waals surface area contributed by atoms with E-state index in [1.54, 1.807) is 26.0 Å². The normalized spacial score (nSPS) is 11.2. The van der Waals surface area contributed by atoms with Gasteiger partial charge in [0.25, 0.3) is 0 Å². The fraction of sp³-hybridized carbons (Fsp3) is 0.462. The van der Waals surface area contributed by atoms with Crippen LogP contribution in [-0.2, 0) is 4.79 Å². The lowest BCUT2D eigenvalue weighted by Crippen LogP contribution is -2.36. The van der Waals surface area contributed by atoms with E-state index >= 15 is 0 Å².